The maximum Gasteiger partial charge on any atom is 0.290 e. The van der Waals surface area contributed by atoms with E-state index in [9.17, 15) is 0 Å². The van der Waals surface area contributed by atoms with Gasteiger partial charge in [-0.3, -0.25) is 4.79 Å². The molecule has 4 heteroatoms. The zero-order valence-electron chi connectivity index (χ0n) is 8.89. The van der Waals surface area contributed by atoms with Crippen LogP contribution < -0.4 is 0 Å². The van der Waals surface area contributed by atoms with Crippen LogP contribution >= 0.6 is 15.9 Å². The fourth-order valence-corrected chi connectivity index (χ4v) is 1.27. The Hall–Kier alpha value is -1.31. The summed E-state index contributed by atoms with van der Waals surface area (Å²) in [5, 5.41) is 6.89. The number of hydrogen-bond donors (Lipinski definition) is 1. The van der Waals surface area contributed by atoms with Crippen LogP contribution in [0.3, 0.4) is 0 Å². The van der Waals surface area contributed by atoms with E-state index in [1.807, 2.05) is 31.2 Å². The number of hydrogen-bond acceptors (Lipinski definition) is 2. The molecule has 0 aromatic heterocycles. The van der Waals surface area contributed by atoms with Crippen LogP contribution in [0.4, 0.5) is 0 Å². The third-order valence-electron chi connectivity index (χ3n) is 1.76. The average molecular weight is 285 g/mol. The van der Waals surface area contributed by atoms with Crippen LogP contribution in [0.5, 0.6) is 0 Å². The molecule has 0 aliphatic heterocycles. The summed E-state index contributed by atoms with van der Waals surface area (Å²) in [5.41, 5.74) is 1.14. The summed E-state index contributed by atoms with van der Waals surface area (Å²) < 4.78 is 6.44. The van der Waals surface area contributed by atoms with Crippen molar-refractivity contribution in [2.75, 3.05) is 6.61 Å². The first kappa shape index (κ1) is 14.7. The van der Waals surface area contributed by atoms with Gasteiger partial charge in [-0.05, 0) is 24.6 Å². The molecule has 1 unspecified atom stereocenters. The summed E-state index contributed by atoms with van der Waals surface area (Å²) in [7, 11) is 0. The Morgan fingerprint density at radius 3 is 2.50 bits per heavy atom. The predicted octanol–water partition coefficient (Wildman–Crippen LogP) is 2.86. The normalized spacial score (nSPS) is 10.6. The lowest BCUT2D eigenvalue weighted by Gasteiger charge is -2.10. The van der Waals surface area contributed by atoms with E-state index < -0.39 is 0 Å². The van der Waals surface area contributed by atoms with Gasteiger partial charge < -0.3 is 9.84 Å². The molecule has 3 nitrogen and oxygen atoms in total. The van der Waals surface area contributed by atoms with Crippen molar-refractivity contribution in [1.29, 1.82) is 0 Å². The van der Waals surface area contributed by atoms with Crippen LogP contribution in [0.2, 0.25) is 0 Å². The minimum atomic E-state index is -0.250. The zero-order chi connectivity index (χ0) is 12.4. The highest BCUT2D eigenvalue weighted by Gasteiger charge is 2.03. The minimum Gasteiger partial charge on any atom is -0.483 e. The summed E-state index contributed by atoms with van der Waals surface area (Å²) in [6, 6.07) is 8.02. The molecule has 1 aromatic rings. The second kappa shape index (κ2) is 8.96. The van der Waals surface area contributed by atoms with Crippen LogP contribution in [0.15, 0.2) is 28.7 Å². The fraction of sp³-hybridized carbons (Fsp3) is 0.250. The molecule has 1 atom stereocenters. The van der Waals surface area contributed by atoms with E-state index in [2.05, 4.69) is 21.9 Å². The van der Waals surface area contributed by atoms with Crippen LogP contribution in [0, 0.1) is 12.3 Å². The summed E-state index contributed by atoms with van der Waals surface area (Å²) in [4.78, 5) is 8.36. The van der Waals surface area contributed by atoms with Crippen molar-refractivity contribution in [2.24, 2.45) is 0 Å². The van der Waals surface area contributed by atoms with Gasteiger partial charge in [-0.25, -0.2) is 0 Å². The molecule has 16 heavy (non-hydrogen) atoms. The average Bonchev–Trinajstić information content (AvgIpc) is 2.28. The lowest BCUT2D eigenvalue weighted by molar-refractivity contribution is -0.122. The van der Waals surface area contributed by atoms with Crippen LogP contribution in [0.1, 0.15) is 18.6 Å². The van der Waals surface area contributed by atoms with E-state index in [-0.39, 0.29) is 12.6 Å². The lowest BCUT2D eigenvalue weighted by atomic mass is 10.1. The van der Waals surface area contributed by atoms with Crippen molar-refractivity contribution in [3.8, 4) is 12.3 Å². The molecule has 0 fully saturated rings. The molecule has 0 radical (unpaired) electrons. The van der Waals surface area contributed by atoms with Crippen molar-refractivity contribution < 1.29 is 14.6 Å². The molecule has 0 saturated carbocycles. The third-order valence-corrected chi connectivity index (χ3v) is 2.28. The molecule has 1 rings (SSSR count). The largest absolute Gasteiger partial charge is 0.483 e. The topological polar surface area (TPSA) is 46.5 Å². The Labute approximate surface area is 104 Å². The van der Waals surface area contributed by atoms with E-state index in [4.69, 9.17) is 21.1 Å². The molecular formula is C12H13BrO3. The van der Waals surface area contributed by atoms with Gasteiger partial charge in [0.15, 0.2) is 0 Å². The van der Waals surface area contributed by atoms with Crippen LogP contribution in [-0.4, -0.2) is 18.2 Å². The van der Waals surface area contributed by atoms with Crippen molar-refractivity contribution in [2.45, 2.75) is 13.0 Å². The van der Waals surface area contributed by atoms with Crippen LogP contribution in [0.25, 0.3) is 0 Å². The summed E-state index contributed by atoms with van der Waals surface area (Å²) in [6.45, 7) is 2.10. The van der Waals surface area contributed by atoms with Gasteiger partial charge in [-0.15, -0.1) is 6.42 Å². The quantitative estimate of drug-likeness (QED) is 0.686. The number of halogens is 1. The number of rotatable bonds is 3. The first-order valence-electron chi connectivity index (χ1n) is 4.54. The maximum absolute atomic E-state index is 8.36. The molecule has 1 N–H and O–H groups in total. The van der Waals surface area contributed by atoms with Gasteiger partial charge in [-0.1, -0.05) is 34.0 Å². The van der Waals surface area contributed by atoms with Crippen molar-refractivity contribution in [3.63, 3.8) is 0 Å². The van der Waals surface area contributed by atoms with Gasteiger partial charge in [0.05, 0.1) is 6.10 Å². The Balaban J connectivity index is 0.000000673. The number of terminal acetylenes is 1. The molecule has 1 aromatic carbocycles. The number of benzene rings is 1. The highest BCUT2D eigenvalue weighted by atomic mass is 79.9. The standard InChI is InChI=1S/C11H11BrO.CH2O2/c1-3-8-13-9(2)10-4-6-11(12)7-5-10;2-1-3/h1,4-7,9H,8H2,2H3;1H,(H,2,3). The molecule has 86 valence electrons. The van der Waals surface area contributed by atoms with E-state index in [0.29, 0.717) is 6.61 Å². The van der Waals surface area contributed by atoms with E-state index >= 15 is 0 Å². The second-order valence-corrected chi connectivity index (χ2v) is 3.73. The van der Waals surface area contributed by atoms with Gasteiger partial charge in [-0.2, -0.15) is 0 Å². The lowest BCUT2D eigenvalue weighted by Crippen LogP contribution is -1.99. The Morgan fingerprint density at radius 1 is 1.56 bits per heavy atom. The maximum atomic E-state index is 8.36. The monoisotopic (exact) mass is 284 g/mol. The number of carbonyl (C=O) groups is 1. The SMILES string of the molecule is C#CCOC(C)c1ccc(Br)cc1.O=CO. The molecule has 0 bridgehead atoms. The van der Waals surface area contributed by atoms with Gasteiger partial charge in [0.25, 0.3) is 6.47 Å². The van der Waals surface area contributed by atoms with Gasteiger partial charge in [0.2, 0.25) is 0 Å². The molecule has 0 amide bonds. The van der Waals surface area contributed by atoms with Crippen molar-refractivity contribution >= 4 is 22.4 Å². The molecular weight excluding hydrogens is 272 g/mol. The minimum absolute atomic E-state index is 0.0594. The van der Waals surface area contributed by atoms with E-state index in [1.165, 1.54) is 0 Å². The van der Waals surface area contributed by atoms with E-state index in [1.54, 1.807) is 0 Å². The fourth-order valence-electron chi connectivity index (χ4n) is 1.00. The predicted molar refractivity (Wildman–Crippen MR) is 66.0 cm³/mol. The first-order chi connectivity index (χ1) is 7.65. The second-order valence-electron chi connectivity index (χ2n) is 2.81. The van der Waals surface area contributed by atoms with Gasteiger partial charge in [0.1, 0.15) is 6.61 Å². The molecule has 0 spiro atoms. The van der Waals surface area contributed by atoms with Gasteiger partial charge in [0, 0.05) is 4.47 Å². The molecule has 0 aliphatic rings. The first-order valence-corrected chi connectivity index (χ1v) is 5.33. The van der Waals surface area contributed by atoms with Gasteiger partial charge >= 0.3 is 0 Å². The Kier molecular flexibility index (Phi) is 8.22. The Bertz CT molecular complexity index is 340. The molecule has 0 saturated heterocycles. The van der Waals surface area contributed by atoms with E-state index in [0.717, 1.165) is 10.0 Å². The molecule has 0 heterocycles. The highest BCUT2D eigenvalue weighted by molar-refractivity contribution is 9.10. The third kappa shape index (κ3) is 6.23. The number of carboxylic acid groups (broad SMARTS) is 1. The summed E-state index contributed by atoms with van der Waals surface area (Å²) >= 11 is 3.37. The summed E-state index contributed by atoms with van der Waals surface area (Å²) in [5.74, 6) is 2.45. The van der Waals surface area contributed by atoms with Crippen molar-refractivity contribution in [1.82, 2.24) is 0 Å². The smallest absolute Gasteiger partial charge is 0.290 e. The zero-order valence-corrected chi connectivity index (χ0v) is 10.5. The molecule has 0 aliphatic carbocycles. The highest BCUT2D eigenvalue weighted by Crippen LogP contribution is 2.18. The number of ether oxygens (including phenoxy) is 1. The summed E-state index contributed by atoms with van der Waals surface area (Å²) in [6.07, 6.45) is 5.16. The Morgan fingerprint density at radius 2 is 2.06 bits per heavy atom. The van der Waals surface area contributed by atoms with Crippen LogP contribution in [-0.2, 0) is 9.53 Å². The van der Waals surface area contributed by atoms with Crippen molar-refractivity contribution in [3.05, 3.63) is 34.3 Å².